The second kappa shape index (κ2) is 5.46. The number of benzene rings is 1. The molecule has 20 heavy (non-hydrogen) atoms. The van der Waals surface area contributed by atoms with Gasteiger partial charge in [-0.05, 0) is 18.1 Å². The van der Waals surface area contributed by atoms with Crippen molar-refractivity contribution in [1.82, 2.24) is 0 Å². The van der Waals surface area contributed by atoms with E-state index in [4.69, 9.17) is 0 Å². The topological polar surface area (TPSA) is 0 Å². The Morgan fingerprint density at radius 3 is 1.80 bits per heavy atom. The maximum Gasteiger partial charge on any atom is 0.459 e. The van der Waals surface area contributed by atoms with Gasteiger partial charge in [0.2, 0.25) is 0 Å². The number of rotatable bonds is 4. The standard InChI is InChI=1S/C13H11F7/c1-2-3-9-4-6-10(7-5-9)8-11(14,15)12(16,17)13(18,19)20/h2-7H,8H2,1H3. The minimum absolute atomic E-state index is 0.299. The molecule has 0 spiro atoms. The Morgan fingerprint density at radius 1 is 0.900 bits per heavy atom. The first-order valence-electron chi connectivity index (χ1n) is 5.55. The van der Waals surface area contributed by atoms with Gasteiger partial charge < -0.3 is 0 Å². The summed E-state index contributed by atoms with van der Waals surface area (Å²) in [7, 11) is 0. The van der Waals surface area contributed by atoms with Crippen LogP contribution in [0, 0.1) is 0 Å². The molecule has 0 aromatic heterocycles. The molecule has 112 valence electrons. The molecular formula is C13H11F7. The van der Waals surface area contributed by atoms with Crippen molar-refractivity contribution < 1.29 is 30.7 Å². The Hall–Kier alpha value is -1.53. The lowest BCUT2D eigenvalue weighted by molar-refractivity contribution is -0.354. The van der Waals surface area contributed by atoms with E-state index in [0.717, 1.165) is 12.1 Å². The average Bonchev–Trinajstić information content (AvgIpc) is 2.30. The van der Waals surface area contributed by atoms with Crippen molar-refractivity contribution in [3.63, 3.8) is 0 Å². The van der Waals surface area contributed by atoms with E-state index >= 15 is 0 Å². The summed E-state index contributed by atoms with van der Waals surface area (Å²) in [6.07, 6.45) is -4.68. The second-order valence-corrected chi connectivity index (χ2v) is 4.19. The van der Waals surface area contributed by atoms with Gasteiger partial charge >= 0.3 is 18.0 Å². The van der Waals surface area contributed by atoms with Crippen LogP contribution in [0.15, 0.2) is 30.3 Å². The van der Waals surface area contributed by atoms with E-state index in [1.165, 1.54) is 12.1 Å². The normalized spacial score (nSPS) is 14.0. The van der Waals surface area contributed by atoms with Crippen LogP contribution in [0.5, 0.6) is 0 Å². The lowest BCUT2D eigenvalue weighted by Gasteiger charge is -2.28. The number of hydrogen-bond donors (Lipinski definition) is 0. The molecule has 1 rings (SSSR count). The van der Waals surface area contributed by atoms with Crippen molar-refractivity contribution in [3.05, 3.63) is 41.5 Å². The molecule has 0 saturated heterocycles. The molecule has 0 atom stereocenters. The molecule has 7 heteroatoms. The fraction of sp³-hybridized carbons (Fsp3) is 0.385. The molecule has 0 bridgehead atoms. The first-order chi connectivity index (χ1) is 9.01. The molecule has 0 aliphatic carbocycles. The number of halogens is 7. The lowest BCUT2D eigenvalue weighted by atomic mass is 10.0. The van der Waals surface area contributed by atoms with Gasteiger partial charge in [-0.25, -0.2) is 0 Å². The third-order valence-corrected chi connectivity index (χ3v) is 2.58. The number of allylic oxidation sites excluding steroid dienone is 1. The molecule has 0 aliphatic heterocycles. The summed E-state index contributed by atoms with van der Waals surface area (Å²) in [6.45, 7) is 1.71. The monoisotopic (exact) mass is 300 g/mol. The molecule has 1 aromatic rings. The molecule has 0 amide bonds. The zero-order valence-corrected chi connectivity index (χ0v) is 10.3. The van der Waals surface area contributed by atoms with Crippen molar-refractivity contribution in [3.8, 4) is 0 Å². The molecule has 0 fully saturated rings. The highest BCUT2D eigenvalue weighted by Gasteiger charge is 2.72. The predicted molar refractivity (Wildman–Crippen MR) is 60.8 cm³/mol. The van der Waals surface area contributed by atoms with E-state index in [2.05, 4.69) is 0 Å². The molecule has 0 aliphatic rings. The largest absolute Gasteiger partial charge is 0.459 e. The van der Waals surface area contributed by atoms with E-state index < -0.39 is 24.4 Å². The fourth-order valence-corrected chi connectivity index (χ4v) is 1.51. The quantitative estimate of drug-likeness (QED) is 0.679. The van der Waals surface area contributed by atoms with E-state index in [1.54, 1.807) is 19.1 Å². The number of hydrogen-bond acceptors (Lipinski definition) is 0. The maximum atomic E-state index is 13.1. The van der Waals surface area contributed by atoms with Crippen LogP contribution in [0.1, 0.15) is 18.1 Å². The Kier molecular flexibility index (Phi) is 4.51. The van der Waals surface area contributed by atoms with E-state index in [1.807, 2.05) is 0 Å². The zero-order valence-electron chi connectivity index (χ0n) is 10.3. The summed E-state index contributed by atoms with van der Waals surface area (Å²) in [5.41, 5.74) is 0.328. The lowest BCUT2D eigenvalue weighted by Crippen LogP contribution is -2.53. The minimum atomic E-state index is -6.29. The first-order valence-corrected chi connectivity index (χ1v) is 5.55. The van der Waals surface area contributed by atoms with Crippen molar-refractivity contribution in [1.29, 1.82) is 0 Å². The Morgan fingerprint density at radius 2 is 1.40 bits per heavy atom. The van der Waals surface area contributed by atoms with Gasteiger partial charge in [0.25, 0.3) is 0 Å². The fourth-order valence-electron chi connectivity index (χ4n) is 1.51. The summed E-state index contributed by atoms with van der Waals surface area (Å²) in [4.78, 5) is 0. The smallest absolute Gasteiger partial charge is 0.199 e. The average molecular weight is 300 g/mol. The van der Waals surface area contributed by atoms with Gasteiger partial charge in [-0.3, -0.25) is 0 Å². The Bertz CT molecular complexity index is 468. The summed E-state index contributed by atoms with van der Waals surface area (Å²) >= 11 is 0. The molecular weight excluding hydrogens is 289 g/mol. The Labute approximate surface area is 110 Å². The number of alkyl halides is 7. The third kappa shape index (κ3) is 3.32. The SMILES string of the molecule is CC=Cc1ccc(CC(F)(F)C(F)(F)C(F)(F)F)cc1. The van der Waals surface area contributed by atoms with Gasteiger partial charge in [0.05, 0.1) is 0 Å². The predicted octanol–water partition coefficient (Wildman–Crippen LogP) is 5.10. The highest BCUT2D eigenvalue weighted by atomic mass is 19.4. The van der Waals surface area contributed by atoms with E-state index in [9.17, 15) is 30.7 Å². The molecule has 1 aromatic carbocycles. The molecule has 0 nitrogen and oxygen atoms in total. The Balaban J connectivity index is 2.96. The molecule has 0 unspecified atom stereocenters. The summed E-state index contributed by atoms with van der Waals surface area (Å²) in [5, 5.41) is 0. The van der Waals surface area contributed by atoms with Crippen LogP contribution >= 0.6 is 0 Å². The van der Waals surface area contributed by atoms with Crippen LogP contribution in [0.2, 0.25) is 0 Å². The highest BCUT2D eigenvalue weighted by molar-refractivity contribution is 5.49. The second-order valence-electron chi connectivity index (χ2n) is 4.19. The summed E-state index contributed by atoms with van der Waals surface area (Å²) < 4.78 is 87.6. The van der Waals surface area contributed by atoms with Gasteiger partial charge in [-0.15, -0.1) is 0 Å². The summed E-state index contributed by atoms with van der Waals surface area (Å²) in [5.74, 6) is -11.3. The highest BCUT2D eigenvalue weighted by Crippen LogP contribution is 2.47. The van der Waals surface area contributed by atoms with Crippen LogP contribution in [-0.4, -0.2) is 18.0 Å². The van der Waals surface area contributed by atoms with E-state index in [-0.39, 0.29) is 5.56 Å². The van der Waals surface area contributed by atoms with Crippen molar-refractivity contribution in [2.75, 3.05) is 0 Å². The van der Waals surface area contributed by atoms with Crippen LogP contribution in [0.25, 0.3) is 6.08 Å². The summed E-state index contributed by atoms with van der Waals surface area (Å²) in [6, 6.07) is 4.90. The van der Waals surface area contributed by atoms with Crippen LogP contribution in [-0.2, 0) is 6.42 Å². The van der Waals surface area contributed by atoms with Gasteiger partial charge in [0.1, 0.15) is 0 Å². The minimum Gasteiger partial charge on any atom is -0.199 e. The van der Waals surface area contributed by atoms with Gasteiger partial charge in [0.15, 0.2) is 0 Å². The van der Waals surface area contributed by atoms with Gasteiger partial charge in [-0.1, -0.05) is 36.4 Å². The van der Waals surface area contributed by atoms with Crippen molar-refractivity contribution in [2.24, 2.45) is 0 Å². The first kappa shape index (κ1) is 16.5. The zero-order chi connectivity index (χ0) is 15.6. The molecule has 0 heterocycles. The molecule has 0 radical (unpaired) electrons. The van der Waals surface area contributed by atoms with Gasteiger partial charge in [-0.2, -0.15) is 30.7 Å². The molecule has 0 saturated carbocycles. The van der Waals surface area contributed by atoms with Crippen molar-refractivity contribution in [2.45, 2.75) is 31.4 Å². The molecule has 0 N–H and O–H groups in total. The van der Waals surface area contributed by atoms with E-state index in [0.29, 0.717) is 5.56 Å². The van der Waals surface area contributed by atoms with Crippen LogP contribution in [0.3, 0.4) is 0 Å². The maximum absolute atomic E-state index is 13.1. The van der Waals surface area contributed by atoms with Crippen molar-refractivity contribution >= 4 is 6.08 Å². The van der Waals surface area contributed by atoms with Gasteiger partial charge in [0, 0.05) is 6.42 Å². The van der Waals surface area contributed by atoms with Crippen LogP contribution < -0.4 is 0 Å². The van der Waals surface area contributed by atoms with Crippen LogP contribution in [0.4, 0.5) is 30.7 Å². The third-order valence-electron chi connectivity index (χ3n) is 2.58.